The molecule has 0 aromatic carbocycles. The van der Waals surface area contributed by atoms with Crippen molar-refractivity contribution in [2.24, 2.45) is 0 Å². The van der Waals surface area contributed by atoms with Crippen molar-refractivity contribution in [3.8, 4) is 0 Å². The average Bonchev–Trinajstić information content (AvgIpc) is 1.98. The maximum atomic E-state index is 11.1. The maximum Gasteiger partial charge on any atom is 0.422 e. The molecule has 0 heterocycles. The second-order valence-corrected chi connectivity index (χ2v) is 5.52. The summed E-state index contributed by atoms with van der Waals surface area (Å²) < 4.78 is 31.1. The molecule has 0 saturated heterocycles. The van der Waals surface area contributed by atoms with Gasteiger partial charge in [0.2, 0.25) is 0 Å². The van der Waals surface area contributed by atoms with E-state index in [1.54, 1.807) is 18.6 Å². The molecule has 0 atom stereocenters. The van der Waals surface area contributed by atoms with Crippen LogP contribution in [0.4, 0.5) is 4.79 Å². The lowest BCUT2D eigenvalue weighted by atomic mass is 10.5. The lowest BCUT2D eigenvalue weighted by Gasteiger charge is -2.10. The molecule has 2 N–H and O–H groups in total. The van der Waals surface area contributed by atoms with E-state index in [1.807, 2.05) is 0 Å². The number of rotatable bonds is 5. The molecule has 0 unspecified atom stereocenters. The molecule has 0 aliphatic heterocycles. The first-order chi connectivity index (χ1) is 6.73. The molecule has 0 fully saturated rings. The van der Waals surface area contributed by atoms with Gasteiger partial charge in [-0.15, -0.1) is 0 Å². The average molecular weight is 301 g/mol. The Morgan fingerprint density at radius 3 is 2.47 bits per heavy atom. The summed E-state index contributed by atoms with van der Waals surface area (Å²) in [7, 11) is -3.89. The largest absolute Gasteiger partial charge is 0.446 e. The van der Waals surface area contributed by atoms with Gasteiger partial charge in [0.25, 0.3) is 0 Å². The fraction of sp³-hybridized carbons (Fsp3) is 0.571. The number of ether oxygens (including phenoxy) is 1. The summed E-state index contributed by atoms with van der Waals surface area (Å²) in [5.41, 5.74) is 0. The van der Waals surface area contributed by atoms with Gasteiger partial charge in [-0.25, -0.2) is 9.52 Å². The van der Waals surface area contributed by atoms with E-state index in [0.29, 0.717) is 4.48 Å². The van der Waals surface area contributed by atoms with Gasteiger partial charge in [-0.3, -0.25) is 0 Å². The number of halogens is 1. The van der Waals surface area contributed by atoms with Crippen LogP contribution in [-0.4, -0.2) is 27.2 Å². The predicted molar refractivity (Wildman–Crippen MR) is 59.7 cm³/mol. The molecule has 0 bridgehead atoms. The highest BCUT2D eigenvalue weighted by molar-refractivity contribution is 9.11. The van der Waals surface area contributed by atoms with Crippen molar-refractivity contribution in [3.63, 3.8) is 0 Å². The zero-order valence-corrected chi connectivity index (χ0v) is 10.8. The highest BCUT2D eigenvalue weighted by atomic mass is 79.9. The van der Waals surface area contributed by atoms with Crippen LogP contribution in [0.25, 0.3) is 0 Å². The van der Waals surface area contributed by atoms with Gasteiger partial charge in [-0.05, 0) is 13.8 Å². The summed E-state index contributed by atoms with van der Waals surface area (Å²) in [4.78, 5) is 10.9. The van der Waals surface area contributed by atoms with Gasteiger partial charge in [-0.2, -0.15) is 13.1 Å². The first-order valence-electron chi connectivity index (χ1n) is 4.04. The zero-order chi connectivity index (χ0) is 12.1. The van der Waals surface area contributed by atoms with E-state index in [4.69, 9.17) is 0 Å². The van der Waals surface area contributed by atoms with Gasteiger partial charge in [0, 0.05) is 11.0 Å². The van der Waals surface area contributed by atoms with Gasteiger partial charge in [0.1, 0.15) is 0 Å². The Hall–Kier alpha value is -0.600. The predicted octanol–water partition coefficient (Wildman–Crippen LogP) is 0.864. The van der Waals surface area contributed by atoms with Crippen molar-refractivity contribution in [2.75, 3.05) is 6.54 Å². The Labute approximate surface area is 97.4 Å². The SMILES string of the molecule is C=C(Br)CNS(=O)(=O)NC(=O)OC(C)C. The summed E-state index contributed by atoms with van der Waals surface area (Å²) in [5.74, 6) is 0. The quantitative estimate of drug-likeness (QED) is 0.789. The van der Waals surface area contributed by atoms with Gasteiger partial charge in [0.05, 0.1) is 6.10 Å². The van der Waals surface area contributed by atoms with Crippen LogP contribution in [0.3, 0.4) is 0 Å². The van der Waals surface area contributed by atoms with Crippen molar-refractivity contribution in [1.29, 1.82) is 0 Å². The van der Waals surface area contributed by atoms with E-state index in [2.05, 4.69) is 32.0 Å². The molecule has 0 aromatic rings. The lowest BCUT2D eigenvalue weighted by molar-refractivity contribution is 0.121. The van der Waals surface area contributed by atoms with E-state index in [-0.39, 0.29) is 12.6 Å². The van der Waals surface area contributed by atoms with Gasteiger partial charge < -0.3 is 4.74 Å². The lowest BCUT2D eigenvalue weighted by Crippen LogP contribution is -2.41. The van der Waals surface area contributed by atoms with E-state index < -0.39 is 16.3 Å². The number of carbonyl (C=O) groups is 1. The Bertz CT molecular complexity index is 339. The smallest absolute Gasteiger partial charge is 0.422 e. The summed E-state index contributed by atoms with van der Waals surface area (Å²) in [6, 6.07) is 0. The number of hydrogen-bond acceptors (Lipinski definition) is 4. The molecule has 0 spiro atoms. The molecule has 0 rings (SSSR count). The zero-order valence-electron chi connectivity index (χ0n) is 8.41. The molecule has 88 valence electrons. The highest BCUT2D eigenvalue weighted by Crippen LogP contribution is 1.97. The third kappa shape index (κ3) is 8.40. The van der Waals surface area contributed by atoms with Crippen LogP contribution in [0.2, 0.25) is 0 Å². The summed E-state index contributed by atoms with van der Waals surface area (Å²) in [6.07, 6.45) is -1.40. The number of carbonyl (C=O) groups excluding carboxylic acids is 1. The molecule has 15 heavy (non-hydrogen) atoms. The fourth-order valence-corrected chi connectivity index (χ4v) is 1.59. The Morgan fingerprint density at radius 1 is 1.53 bits per heavy atom. The number of nitrogens with one attached hydrogen (secondary N) is 2. The Balaban J connectivity index is 4.14. The molecule has 1 amide bonds. The first-order valence-corrected chi connectivity index (χ1v) is 6.32. The van der Waals surface area contributed by atoms with Crippen LogP contribution < -0.4 is 9.44 Å². The first kappa shape index (κ1) is 14.4. The maximum absolute atomic E-state index is 11.1. The van der Waals surface area contributed by atoms with Crippen LogP contribution >= 0.6 is 15.9 Å². The van der Waals surface area contributed by atoms with Crippen molar-refractivity contribution >= 4 is 32.2 Å². The minimum Gasteiger partial charge on any atom is -0.446 e. The Kier molecular flexibility index (Phi) is 5.84. The van der Waals surface area contributed by atoms with E-state index in [1.165, 1.54) is 0 Å². The molecule has 8 heteroatoms. The van der Waals surface area contributed by atoms with E-state index >= 15 is 0 Å². The van der Waals surface area contributed by atoms with Crippen LogP contribution in [0.15, 0.2) is 11.1 Å². The molecule has 6 nitrogen and oxygen atoms in total. The second kappa shape index (κ2) is 6.09. The van der Waals surface area contributed by atoms with Crippen LogP contribution in [0.5, 0.6) is 0 Å². The standard InChI is InChI=1S/C7H13BrN2O4S/c1-5(2)14-7(11)10-15(12,13)9-4-6(3)8/h5,9H,3-4H2,1-2H3,(H,10,11). The molecular weight excluding hydrogens is 288 g/mol. The van der Waals surface area contributed by atoms with Crippen molar-refractivity contribution in [3.05, 3.63) is 11.1 Å². The topological polar surface area (TPSA) is 84.5 Å². The summed E-state index contributed by atoms with van der Waals surface area (Å²) in [5, 5.41) is 0. The van der Waals surface area contributed by atoms with Crippen LogP contribution in [0, 0.1) is 0 Å². The normalized spacial score (nSPS) is 11.2. The summed E-state index contributed by atoms with van der Waals surface area (Å²) in [6.45, 7) is 6.64. The minimum absolute atomic E-state index is 0.00963. The van der Waals surface area contributed by atoms with Crippen molar-refractivity contribution < 1.29 is 17.9 Å². The Morgan fingerprint density at radius 2 is 2.07 bits per heavy atom. The molecule has 0 aliphatic rings. The highest BCUT2D eigenvalue weighted by Gasteiger charge is 2.15. The third-order valence-corrected chi connectivity index (χ3v) is 2.25. The van der Waals surface area contributed by atoms with Gasteiger partial charge in [0.15, 0.2) is 0 Å². The number of amides is 1. The van der Waals surface area contributed by atoms with E-state index in [0.717, 1.165) is 0 Å². The molecule has 0 saturated carbocycles. The van der Waals surface area contributed by atoms with Gasteiger partial charge in [-0.1, -0.05) is 22.5 Å². The van der Waals surface area contributed by atoms with Gasteiger partial charge >= 0.3 is 16.3 Å². The minimum atomic E-state index is -3.89. The third-order valence-electron chi connectivity index (χ3n) is 1.01. The van der Waals surface area contributed by atoms with E-state index in [9.17, 15) is 13.2 Å². The molecular formula is C7H13BrN2O4S. The number of hydrogen-bond donors (Lipinski definition) is 2. The van der Waals surface area contributed by atoms with Crippen LogP contribution in [-0.2, 0) is 14.9 Å². The fourth-order valence-electron chi connectivity index (χ4n) is 0.557. The second-order valence-electron chi connectivity index (χ2n) is 2.90. The molecule has 0 aromatic heterocycles. The molecule has 0 aliphatic carbocycles. The van der Waals surface area contributed by atoms with Crippen molar-refractivity contribution in [1.82, 2.24) is 9.44 Å². The summed E-state index contributed by atoms with van der Waals surface area (Å²) >= 11 is 2.97. The van der Waals surface area contributed by atoms with Crippen molar-refractivity contribution in [2.45, 2.75) is 20.0 Å². The molecule has 0 radical (unpaired) electrons. The monoisotopic (exact) mass is 300 g/mol. The van der Waals surface area contributed by atoms with Crippen LogP contribution in [0.1, 0.15) is 13.8 Å².